The van der Waals surface area contributed by atoms with E-state index in [4.69, 9.17) is 4.74 Å². The lowest BCUT2D eigenvalue weighted by Crippen LogP contribution is -1.99. The first-order valence-corrected chi connectivity index (χ1v) is 8.25. The van der Waals surface area contributed by atoms with Crippen LogP contribution in [-0.4, -0.2) is 12.1 Å². The Morgan fingerprint density at radius 3 is 2.70 bits per heavy atom. The van der Waals surface area contributed by atoms with Crippen molar-refractivity contribution in [1.29, 1.82) is 0 Å². The molecule has 3 rings (SSSR count). The molecule has 0 N–H and O–H groups in total. The number of methoxy groups -OCH3 is 1. The molecule has 3 aromatic rings. The first-order chi connectivity index (χ1) is 11.3. The summed E-state index contributed by atoms with van der Waals surface area (Å²) < 4.78 is 5.48. The van der Waals surface area contributed by atoms with E-state index in [9.17, 15) is 0 Å². The summed E-state index contributed by atoms with van der Waals surface area (Å²) in [4.78, 5) is 4.54. The maximum absolute atomic E-state index is 5.48. The van der Waals surface area contributed by atoms with Gasteiger partial charge in [0, 0.05) is 11.6 Å². The van der Waals surface area contributed by atoms with Crippen LogP contribution in [-0.2, 0) is 6.42 Å². The van der Waals surface area contributed by atoms with Gasteiger partial charge in [-0.25, -0.2) is 0 Å². The van der Waals surface area contributed by atoms with Crippen molar-refractivity contribution in [2.45, 2.75) is 32.1 Å². The van der Waals surface area contributed by atoms with E-state index in [-0.39, 0.29) is 0 Å². The van der Waals surface area contributed by atoms with E-state index in [2.05, 4.69) is 48.3 Å². The second-order valence-electron chi connectivity index (χ2n) is 6.03. The van der Waals surface area contributed by atoms with Gasteiger partial charge in [-0.15, -0.1) is 0 Å². The van der Waals surface area contributed by atoms with Crippen LogP contribution in [0.15, 0.2) is 60.8 Å². The normalized spacial score (nSPS) is 12.3. The van der Waals surface area contributed by atoms with Crippen molar-refractivity contribution >= 4 is 10.9 Å². The fourth-order valence-electron chi connectivity index (χ4n) is 3.20. The van der Waals surface area contributed by atoms with Gasteiger partial charge in [-0.3, -0.25) is 4.98 Å². The Bertz CT molecular complexity index is 776. The van der Waals surface area contributed by atoms with E-state index in [1.165, 1.54) is 16.5 Å². The lowest BCUT2D eigenvalue weighted by molar-refractivity contribution is 0.405. The van der Waals surface area contributed by atoms with Crippen molar-refractivity contribution < 1.29 is 4.74 Å². The third-order valence-electron chi connectivity index (χ3n) is 4.47. The van der Waals surface area contributed by atoms with Crippen molar-refractivity contribution in [2.24, 2.45) is 0 Å². The average molecular weight is 305 g/mol. The van der Waals surface area contributed by atoms with Crippen molar-refractivity contribution in [3.8, 4) is 5.75 Å². The third kappa shape index (κ3) is 3.53. The van der Waals surface area contributed by atoms with Gasteiger partial charge < -0.3 is 4.74 Å². The fraction of sp³-hybridized carbons (Fsp3) is 0.286. The summed E-state index contributed by atoms with van der Waals surface area (Å²) in [5.74, 6) is 1.49. The Morgan fingerprint density at radius 1 is 1.00 bits per heavy atom. The van der Waals surface area contributed by atoms with Crippen LogP contribution in [0.25, 0.3) is 10.9 Å². The SMILES string of the molecule is COc1ccccc1C(C)CCCc1cccc2cccnc12. The molecule has 1 unspecified atom stereocenters. The van der Waals surface area contributed by atoms with E-state index in [1.54, 1.807) is 7.11 Å². The van der Waals surface area contributed by atoms with Gasteiger partial charge in [-0.05, 0) is 48.4 Å². The standard InChI is InChI=1S/C21H23NO/c1-16(19-13-3-4-14-20(19)23-2)8-5-9-17-10-6-11-18-12-7-15-22-21(17)18/h3-4,6-7,10-16H,5,8-9H2,1-2H3. The second-order valence-corrected chi connectivity index (χ2v) is 6.03. The summed E-state index contributed by atoms with van der Waals surface area (Å²) in [5.41, 5.74) is 3.78. The second kappa shape index (κ2) is 7.28. The van der Waals surface area contributed by atoms with E-state index in [0.717, 1.165) is 30.5 Å². The predicted octanol–water partition coefficient (Wildman–Crippen LogP) is 5.37. The van der Waals surface area contributed by atoms with E-state index in [0.29, 0.717) is 5.92 Å². The Morgan fingerprint density at radius 2 is 1.83 bits per heavy atom. The van der Waals surface area contributed by atoms with Gasteiger partial charge in [0.05, 0.1) is 12.6 Å². The van der Waals surface area contributed by atoms with Crippen molar-refractivity contribution in [1.82, 2.24) is 4.98 Å². The Labute approximate surface area is 138 Å². The number of aryl methyl sites for hydroxylation is 1. The number of pyridine rings is 1. The predicted molar refractivity (Wildman–Crippen MR) is 96.1 cm³/mol. The number of nitrogens with zero attached hydrogens (tertiary/aromatic N) is 1. The van der Waals surface area contributed by atoms with Crippen molar-refractivity contribution in [3.05, 3.63) is 71.9 Å². The van der Waals surface area contributed by atoms with Crippen LogP contribution in [0, 0.1) is 0 Å². The molecule has 0 aliphatic rings. The van der Waals surface area contributed by atoms with Crippen molar-refractivity contribution in [3.63, 3.8) is 0 Å². The number of fused-ring (bicyclic) bond motifs is 1. The molecule has 0 saturated carbocycles. The minimum atomic E-state index is 0.495. The average Bonchev–Trinajstić information content (AvgIpc) is 2.61. The highest BCUT2D eigenvalue weighted by Crippen LogP contribution is 2.30. The minimum Gasteiger partial charge on any atom is -0.496 e. The lowest BCUT2D eigenvalue weighted by Gasteiger charge is -2.15. The first-order valence-electron chi connectivity index (χ1n) is 8.25. The molecule has 0 spiro atoms. The number of ether oxygens (including phenoxy) is 1. The van der Waals surface area contributed by atoms with Crippen LogP contribution >= 0.6 is 0 Å². The summed E-state index contributed by atoms with van der Waals surface area (Å²) >= 11 is 0. The molecule has 2 heteroatoms. The van der Waals surface area contributed by atoms with Gasteiger partial charge >= 0.3 is 0 Å². The number of para-hydroxylation sites is 2. The molecular formula is C21H23NO. The molecule has 0 amide bonds. The number of hydrogen-bond donors (Lipinski definition) is 0. The quantitative estimate of drug-likeness (QED) is 0.611. The molecule has 0 saturated heterocycles. The van der Waals surface area contributed by atoms with Gasteiger partial charge in [0.1, 0.15) is 5.75 Å². The Balaban J connectivity index is 1.67. The van der Waals surface area contributed by atoms with Gasteiger partial charge in [-0.1, -0.05) is 49.4 Å². The van der Waals surface area contributed by atoms with Crippen LogP contribution in [0.4, 0.5) is 0 Å². The number of benzene rings is 2. The highest BCUT2D eigenvalue weighted by molar-refractivity contribution is 5.81. The zero-order valence-electron chi connectivity index (χ0n) is 13.8. The maximum atomic E-state index is 5.48. The van der Waals surface area contributed by atoms with Crippen LogP contribution in [0.1, 0.15) is 36.8 Å². The molecular weight excluding hydrogens is 282 g/mol. The summed E-state index contributed by atoms with van der Waals surface area (Å²) in [7, 11) is 1.74. The molecule has 2 nitrogen and oxygen atoms in total. The summed E-state index contributed by atoms with van der Waals surface area (Å²) in [6.45, 7) is 2.28. The fourth-order valence-corrected chi connectivity index (χ4v) is 3.20. The molecule has 2 aromatic carbocycles. The van der Waals surface area contributed by atoms with E-state index < -0.39 is 0 Å². The molecule has 118 valence electrons. The van der Waals surface area contributed by atoms with Gasteiger partial charge in [-0.2, -0.15) is 0 Å². The maximum Gasteiger partial charge on any atom is 0.122 e. The summed E-state index contributed by atoms with van der Waals surface area (Å²) in [6, 6.07) is 18.9. The van der Waals surface area contributed by atoms with Crippen LogP contribution in [0.5, 0.6) is 5.75 Å². The molecule has 0 fully saturated rings. The Hall–Kier alpha value is -2.35. The lowest BCUT2D eigenvalue weighted by atomic mass is 9.93. The van der Waals surface area contributed by atoms with Gasteiger partial charge in [0.25, 0.3) is 0 Å². The molecule has 1 atom stereocenters. The smallest absolute Gasteiger partial charge is 0.122 e. The summed E-state index contributed by atoms with van der Waals surface area (Å²) in [6.07, 6.45) is 5.23. The number of hydrogen-bond acceptors (Lipinski definition) is 2. The topological polar surface area (TPSA) is 22.1 Å². The largest absolute Gasteiger partial charge is 0.496 e. The molecule has 23 heavy (non-hydrogen) atoms. The minimum absolute atomic E-state index is 0.495. The summed E-state index contributed by atoms with van der Waals surface area (Å²) in [5, 5.41) is 1.22. The van der Waals surface area contributed by atoms with Gasteiger partial charge in [0.2, 0.25) is 0 Å². The van der Waals surface area contributed by atoms with Gasteiger partial charge in [0.15, 0.2) is 0 Å². The molecule has 1 aromatic heterocycles. The van der Waals surface area contributed by atoms with Crippen LogP contribution in [0.2, 0.25) is 0 Å². The van der Waals surface area contributed by atoms with Crippen LogP contribution < -0.4 is 4.74 Å². The van der Waals surface area contributed by atoms with Crippen molar-refractivity contribution in [2.75, 3.05) is 7.11 Å². The Kier molecular flexibility index (Phi) is 4.92. The molecule has 1 heterocycles. The highest BCUT2D eigenvalue weighted by atomic mass is 16.5. The van der Waals surface area contributed by atoms with Crippen LogP contribution in [0.3, 0.4) is 0 Å². The van der Waals surface area contributed by atoms with E-state index >= 15 is 0 Å². The first kappa shape index (κ1) is 15.5. The van der Waals surface area contributed by atoms with E-state index in [1.807, 2.05) is 24.4 Å². The zero-order chi connectivity index (χ0) is 16.1. The monoisotopic (exact) mass is 305 g/mol. The molecule has 0 radical (unpaired) electrons. The number of aromatic nitrogens is 1. The third-order valence-corrected chi connectivity index (χ3v) is 4.47. The molecule has 0 bridgehead atoms. The highest BCUT2D eigenvalue weighted by Gasteiger charge is 2.11. The molecule has 0 aliphatic heterocycles. The molecule has 0 aliphatic carbocycles. The number of rotatable bonds is 6. The zero-order valence-corrected chi connectivity index (χ0v) is 13.8.